The van der Waals surface area contributed by atoms with Gasteiger partial charge in [0, 0.05) is 38.0 Å². The van der Waals surface area contributed by atoms with Gasteiger partial charge in [0.25, 0.3) is 0 Å². The van der Waals surface area contributed by atoms with Gasteiger partial charge in [0.1, 0.15) is 0 Å². The summed E-state index contributed by atoms with van der Waals surface area (Å²) in [4.78, 5) is 24.3. The predicted molar refractivity (Wildman–Crippen MR) is 111 cm³/mol. The molecule has 7 nitrogen and oxygen atoms in total. The van der Waals surface area contributed by atoms with Crippen LogP contribution in [-0.4, -0.2) is 50.7 Å². The lowest BCUT2D eigenvalue weighted by molar-refractivity contribution is -0.127. The Hall–Kier alpha value is -1.93. The lowest BCUT2D eigenvalue weighted by atomic mass is 9.97. The number of rotatable bonds is 8. The van der Waals surface area contributed by atoms with E-state index in [1.807, 2.05) is 30.3 Å². The summed E-state index contributed by atoms with van der Waals surface area (Å²) in [6.07, 6.45) is 5.21. The standard InChI is InChI=1S/C21H31N3O4S/c25-20(18-8-4-5-9-18)22-12-13-23-21(26)19-10-14-24(15-11-19)29(27,28)16-17-6-2-1-3-7-17/h1-3,6-7,18-19H,4-5,8-16H2,(H,22,25)(H,23,26). The number of nitrogens with one attached hydrogen (secondary N) is 2. The summed E-state index contributed by atoms with van der Waals surface area (Å²) in [5.41, 5.74) is 0.770. The van der Waals surface area contributed by atoms with Crippen molar-refractivity contribution >= 4 is 21.8 Å². The molecular formula is C21H31N3O4S. The largest absolute Gasteiger partial charge is 0.354 e. The van der Waals surface area contributed by atoms with Crippen LogP contribution in [0.25, 0.3) is 0 Å². The third-order valence-corrected chi connectivity index (χ3v) is 7.71. The fourth-order valence-electron chi connectivity index (χ4n) is 4.12. The van der Waals surface area contributed by atoms with E-state index in [0.29, 0.717) is 39.0 Å². The molecular weight excluding hydrogens is 390 g/mol. The quantitative estimate of drug-likeness (QED) is 0.624. The number of benzene rings is 1. The first-order valence-electron chi connectivity index (χ1n) is 10.5. The van der Waals surface area contributed by atoms with Crippen LogP contribution in [0.3, 0.4) is 0 Å². The number of carbonyl (C=O) groups is 2. The molecule has 1 aromatic rings. The van der Waals surface area contributed by atoms with E-state index in [1.165, 1.54) is 4.31 Å². The van der Waals surface area contributed by atoms with Crippen molar-refractivity contribution < 1.29 is 18.0 Å². The molecule has 0 atom stereocenters. The third-order valence-electron chi connectivity index (χ3n) is 5.86. The van der Waals surface area contributed by atoms with Crippen LogP contribution in [0, 0.1) is 11.8 Å². The highest BCUT2D eigenvalue weighted by atomic mass is 32.2. The first kappa shape index (κ1) is 21.8. The van der Waals surface area contributed by atoms with Gasteiger partial charge in [-0.2, -0.15) is 0 Å². The SMILES string of the molecule is O=C(NCCNC(=O)C1CCN(S(=O)(=O)Cc2ccccc2)CC1)C1CCCC1. The summed E-state index contributed by atoms with van der Waals surface area (Å²) in [7, 11) is -3.37. The Morgan fingerprint density at radius 3 is 1.93 bits per heavy atom. The van der Waals surface area contributed by atoms with Gasteiger partial charge in [-0.15, -0.1) is 0 Å². The zero-order chi connectivity index (χ0) is 20.7. The predicted octanol–water partition coefficient (Wildman–Crippen LogP) is 1.65. The molecule has 2 N–H and O–H groups in total. The van der Waals surface area contributed by atoms with Crippen molar-refractivity contribution in [1.29, 1.82) is 0 Å². The van der Waals surface area contributed by atoms with Crippen LogP contribution in [0.5, 0.6) is 0 Å². The molecule has 29 heavy (non-hydrogen) atoms. The summed E-state index contributed by atoms with van der Waals surface area (Å²) in [6.45, 7) is 1.58. The Kier molecular flexibility index (Phi) is 7.66. The average Bonchev–Trinajstić information content (AvgIpc) is 3.26. The maximum atomic E-state index is 12.6. The van der Waals surface area contributed by atoms with E-state index >= 15 is 0 Å². The lowest BCUT2D eigenvalue weighted by Gasteiger charge is -2.30. The number of hydrogen-bond donors (Lipinski definition) is 2. The molecule has 3 rings (SSSR count). The van der Waals surface area contributed by atoms with Gasteiger partial charge in [-0.1, -0.05) is 43.2 Å². The highest BCUT2D eigenvalue weighted by molar-refractivity contribution is 7.88. The van der Waals surface area contributed by atoms with Crippen LogP contribution < -0.4 is 10.6 Å². The van der Waals surface area contributed by atoms with E-state index in [1.54, 1.807) is 0 Å². The topological polar surface area (TPSA) is 95.6 Å². The molecule has 0 radical (unpaired) electrons. The molecule has 2 fully saturated rings. The van der Waals surface area contributed by atoms with Crippen LogP contribution in [0.15, 0.2) is 30.3 Å². The highest BCUT2D eigenvalue weighted by Crippen LogP contribution is 2.24. The second-order valence-corrected chi connectivity index (χ2v) is 9.95. The van der Waals surface area contributed by atoms with Gasteiger partial charge in [0.2, 0.25) is 21.8 Å². The van der Waals surface area contributed by atoms with Crippen molar-refractivity contribution in [2.24, 2.45) is 11.8 Å². The minimum absolute atomic E-state index is 0.00854. The van der Waals surface area contributed by atoms with E-state index in [-0.39, 0.29) is 29.4 Å². The highest BCUT2D eigenvalue weighted by Gasteiger charge is 2.31. The fourth-order valence-corrected chi connectivity index (χ4v) is 5.68. The number of piperidine rings is 1. The van der Waals surface area contributed by atoms with Gasteiger partial charge in [0.15, 0.2) is 0 Å². The molecule has 2 amide bonds. The van der Waals surface area contributed by atoms with Crippen LogP contribution in [0.1, 0.15) is 44.1 Å². The van der Waals surface area contributed by atoms with Crippen LogP contribution in [0.4, 0.5) is 0 Å². The Labute approximate surface area is 173 Å². The van der Waals surface area contributed by atoms with Crippen molar-refractivity contribution in [3.05, 3.63) is 35.9 Å². The maximum absolute atomic E-state index is 12.6. The molecule has 1 saturated heterocycles. The van der Waals surface area contributed by atoms with E-state index in [9.17, 15) is 18.0 Å². The second-order valence-electron chi connectivity index (χ2n) is 7.98. The Morgan fingerprint density at radius 1 is 0.862 bits per heavy atom. The zero-order valence-electron chi connectivity index (χ0n) is 16.8. The minimum atomic E-state index is -3.37. The zero-order valence-corrected chi connectivity index (χ0v) is 17.6. The molecule has 160 valence electrons. The van der Waals surface area contributed by atoms with Gasteiger partial charge in [-0.05, 0) is 31.2 Å². The Morgan fingerprint density at radius 2 is 1.38 bits per heavy atom. The van der Waals surface area contributed by atoms with E-state index in [4.69, 9.17) is 0 Å². The Bertz CT molecular complexity index is 783. The van der Waals surface area contributed by atoms with E-state index in [2.05, 4.69) is 10.6 Å². The van der Waals surface area contributed by atoms with Gasteiger partial charge in [-0.3, -0.25) is 9.59 Å². The van der Waals surface area contributed by atoms with Gasteiger partial charge in [-0.25, -0.2) is 12.7 Å². The molecule has 1 heterocycles. The Balaban J connectivity index is 1.36. The third kappa shape index (κ3) is 6.27. The summed E-state index contributed by atoms with van der Waals surface area (Å²) in [5.74, 6) is -0.0174. The average molecular weight is 422 g/mol. The molecule has 1 aliphatic heterocycles. The number of amides is 2. The van der Waals surface area contributed by atoms with Crippen LogP contribution in [-0.2, 0) is 25.4 Å². The summed E-state index contributed by atoms with van der Waals surface area (Å²) < 4.78 is 26.7. The van der Waals surface area contributed by atoms with Gasteiger partial charge >= 0.3 is 0 Å². The van der Waals surface area contributed by atoms with Crippen molar-refractivity contribution in [2.75, 3.05) is 26.2 Å². The summed E-state index contributed by atoms with van der Waals surface area (Å²) in [6, 6.07) is 9.14. The van der Waals surface area contributed by atoms with Crippen LogP contribution in [0.2, 0.25) is 0 Å². The normalized spacial score (nSPS) is 19.2. The molecule has 0 aromatic heterocycles. The van der Waals surface area contributed by atoms with E-state index in [0.717, 1.165) is 31.2 Å². The molecule has 1 aromatic carbocycles. The van der Waals surface area contributed by atoms with Crippen molar-refractivity contribution in [3.8, 4) is 0 Å². The van der Waals surface area contributed by atoms with Crippen molar-refractivity contribution in [2.45, 2.75) is 44.3 Å². The monoisotopic (exact) mass is 421 g/mol. The smallest absolute Gasteiger partial charge is 0.223 e. The maximum Gasteiger partial charge on any atom is 0.223 e. The fraction of sp³-hybridized carbons (Fsp3) is 0.619. The van der Waals surface area contributed by atoms with Gasteiger partial charge < -0.3 is 10.6 Å². The summed E-state index contributed by atoms with van der Waals surface area (Å²) in [5, 5.41) is 5.76. The summed E-state index contributed by atoms with van der Waals surface area (Å²) >= 11 is 0. The lowest BCUT2D eigenvalue weighted by Crippen LogP contribution is -2.44. The van der Waals surface area contributed by atoms with Crippen molar-refractivity contribution in [1.82, 2.24) is 14.9 Å². The molecule has 0 unspecified atom stereocenters. The number of sulfonamides is 1. The number of nitrogens with zero attached hydrogens (tertiary/aromatic N) is 1. The number of carbonyl (C=O) groups excluding carboxylic acids is 2. The van der Waals surface area contributed by atoms with Gasteiger partial charge in [0.05, 0.1) is 5.75 Å². The molecule has 0 spiro atoms. The van der Waals surface area contributed by atoms with Crippen LogP contribution >= 0.6 is 0 Å². The molecule has 1 saturated carbocycles. The first-order valence-corrected chi connectivity index (χ1v) is 12.1. The van der Waals surface area contributed by atoms with Crippen molar-refractivity contribution in [3.63, 3.8) is 0 Å². The first-order chi connectivity index (χ1) is 14.0. The van der Waals surface area contributed by atoms with E-state index < -0.39 is 10.0 Å². The minimum Gasteiger partial charge on any atom is -0.354 e. The number of hydrogen-bond acceptors (Lipinski definition) is 4. The second kappa shape index (κ2) is 10.2. The molecule has 1 aliphatic carbocycles. The molecule has 8 heteroatoms. The molecule has 2 aliphatic rings. The molecule has 0 bridgehead atoms.